The minimum absolute atomic E-state index is 0.668. The SMILES string of the molecule is CCCSc1cnn(-c2cc(C)ccn2)c1N. The molecule has 0 spiro atoms. The van der Waals surface area contributed by atoms with Gasteiger partial charge in [-0.2, -0.15) is 9.78 Å². The fourth-order valence-corrected chi connectivity index (χ4v) is 2.26. The summed E-state index contributed by atoms with van der Waals surface area (Å²) in [7, 11) is 0. The molecule has 0 saturated carbocycles. The third-order valence-electron chi connectivity index (χ3n) is 2.35. The first-order valence-corrected chi connectivity index (χ1v) is 6.60. The summed E-state index contributed by atoms with van der Waals surface area (Å²) in [6, 6.07) is 3.92. The van der Waals surface area contributed by atoms with Gasteiger partial charge in [-0.25, -0.2) is 4.98 Å². The molecule has 4 nitrogen and oxygen atoms in total. The van der Waals surface area contributed by atoms with Gasteiger partial charge in [-0.1, -0.05) is 6.92 Å². The largest absolute Gasteiger partial charge is 0.383 e. The fourth-order valence-electron chi connectivity index (χ4n) is 1.48. The van der Waals surface area contributed by atoms with Crippen LogP contribution in [0, 0.1) is 6.92 Å². The minimum atomic E-state index is 0.668. The van der Waals surface area contributed by atoms with Gasteiger partial charge < -0.3 is 5.73 Å². The zero-order valence-corrected chi connectivity index (χ0v) is 10.9. The number of nitrogen functional groups attached to an aromatic ring is 1. The molecule has 0 saturated heterocycles. The van der Waals surface area contributed by atoms with E-state index in [0.29, 0.717) is 5.82 Å². The molecule has 0 aliphatic carbocycles. The molecule has 0 amide bonds. The van der Waals surface area contributed by atoms with Crippen LogP contribution in [0.5, 0.6) is 0 Å². The highest BCUT2D eigenvalue weighted by atomic mass is 32.2. The molecule has 90 valence electrons. The third kappa shape index (κ3) is 2.61. The molecule has 2 aromatic heterocycles. The van der Waals surface area contributed by atoms with Crippen molar-refractivity contribution in [2.75, 3.05) is 11.5 Å². The van der Waals surface area contributed by atoms with Crippen LogP contribution in [0.25, 0.3) is 5.82 Å². The van der Waals surface area contributed by atoms with Gasteiger partial charge in [-0.3, -0.25) is 0 Å². The maximum Gasteiger partial charge on any atom is 0.155 e. The van der Waals surface area contributed by atoms with Crippen LogP contribution in [0.15, 0.2) is 29.4 Å². The molecule has 2 N–H and O–H groups in total. The zero-order chi connectivity index (χ0) is 12.3. The van der Waals surface area contributed by atoms with E-state index in [1.54, 1.807) is 28.8 Å². The summed E-state index contributed by atoms with van der Waals surface area (Å²) < 4.78 is 1.69. The number of nitrogens with two attached hydrogens (primary N) is 1. The van der Waals surface area contributed by atoms with Crippen LogP contribution in [0.1, 0.15) is 18.9 Å². The van der Waals surface area contributed by atoms with Gasteiger partial charge in [0.05, 0.1) is 11.1 Å². The van der Waals surface area contributed by atoms with Crippen molar-refractivity contribution in [2.24, 2.45) is 0 Å². The van der Waals surface area contributed by atoms with E-state index in [4.69, 9.17) is 5.73 Å². The van der Waals surface area contributed by atoms with Crippen molar-refractivity contribution in [2.45, 2.75) is 25.2 Å². The third-order valence-corrected chi connectivity index (χ3v) is 3.59. The molecular formula is C12H16N4S. The summed E-state index contributed by atoms with van der Waals surface area (Å²) in [6.07, 6.45) is 4.70. The molecule has 2 aromatic rings. The number of aryl methyl sites for hydroxylation is 1. The number of hydrogen-bond donors (Lipinski definition) is 1. The molecule has 0 fully saturated rings. The first kappa shape index (κ1) is 12.0. The molecule has 5 heteroatoms. The molecule has 0 atom stereocenters. The van der Waals surface area contributed by atoms with Gasteiger partial charge in [0, 0.05) is 6.20 Å². The molecule has 0 aromatic carbocycles. The summed E-state index contributed by atoms with van der Waals surface area (Å²) in [4.78, 5) is 5.30. The van der Waals surface area contributed by atoms with E-state index >= 15 is 0 Å². The lowest BCUT2D eigenvalue weighted by Crippen LogP contribution is -2.04. The number of hydrogen-bond acceptors (Lipinski definition) is 4. The maximum atomic E-state index is 6.07. The Morgan fingerprint density at radius 3 is 3.00 bits per heavy atom. The Balaban J connectivity index is 2.30. The van der Waals surface area contributed by atoms with Gasteiger partial charge in [0.1, 0.15) is 5.82 Å². The Morgan fingerprint density at radius 2 is 2.29 bits per heavy atom. The van der Waals surface area contributed by atoms with Gasteiger partial charge in [-0.15, -0.1) is 11.8 Å². The van der Waals surface area contributed by atoms with E-state index < -0.39 is 0 Å². The lowest BCUT2D eigenvalue weighted by Gasteiger charge is -2.04. The molecule has 0 aliphatic rings. The van der Waals surface area contributed by atoms with Crippen LogP contribution >= 0.6 is 11.8 Å². The van der Waals surface area contributed by atoms with Crippen molar-refractivity contribution in [1.29, 1.82) is 0 Å². The van der Waals surface area contributed by atoms with Crippen LogP contribution in [0.3, 0.4) is 0 Å². The van der Waals surface area contributed by atoms with E-state index in [-0.39, 0.29) is 0 Å². The second-order valence-corrected chi connectivity index (χ2v) is 4.98. The average molecular weight is 248 g/mol. The lowest BCUT2D eigenvalue weighted by molar-refractivity contribution is 0.855. The highest BCUT2D eigenvalue weighted by molar-refractivity contribution is 7.99. The maximum absolute atomic E-state index is 6.07. The van der Waals surface area contributed by atoms with Crippen LogP contribution in [0.2, 0.25) is 0 Å². The normalized spacial score (nSPS) is 10.7. The van der Waals surface area contributed by atoms with Crippen LogP contribution in [0.4, 0.5) is 5.82 Å². The number of anilines is 1. The number of nitrogens with zero attached hydrogens (tertiary/aromatic N) is 3. The Hall–Kier alpha value is -1.49. The van der Waals surface area contributed by atoms with E-state index in [2.05, 4.69) is 17.0 Å². The minimum Gasteiger partial charge on any atom is -0.383 e. The summed E-state index contributed by atoms with van der Waals surface area (Å²) >= 11 is 1.73. The van der Waals surface area contributed by atoms with Crippen molar-refractivity contribution in [1.82, 2.24) is 14.8 Å². The summed E-state index contributed by atoms with van der Waals surface area (Å²) in [5.74, 6) is 2.49. The number of rotatable bonds is 4. The first-order chi connectivity index (χ1) is 8.22. The smallest absolute Gasteiger partial charge is 0.155 e. The second-order valence-electron chi connectivity index (χ2n) is 3.85. The van der Waals surface area contributed by atoms with E-state index in [9.17, 15) is 0 Å². The van der Waals surface area contributed by atoms with E-state index in [1.165, 1.54) is 0 Å². The summed E-state index contributed by atoms with van der Waals surface area (Å²) in [5.41, 5.74) is 7.21. The molecule has 0 bridgehead atoms. The molecule has 0 unspecified atom stereocenters. The van der Waals surface area contributed by atoms with Crippen molar-refractivity contribution >= 4 is 17.6 Å². The quantitative estimate of drug-likeness (QED) is 0.845. The van der Waals surface area contributed by atoms with Crippen LogP contribution in [-0.4, -0.2) is 20.5 Å². The molecular weight excluding hydrogens is 232 g/mol. The molecule has 2 rings (SSSR count). The predicted molar refractivity (Wildman–Crippen MR) is 71.5 cm³/mol. The van der Waals surface area contributed by atoms with Gasteiger partial charge in [0.25, 0.3) is 0 Å². The molecule has 0 aliphatic heterocycles. The number of pyridine rings is 1. The standard InChI is InChI=1S/C12H16N4S/c1-3-6-17-10-8-15-16(12(10)13)11-7-9(2)4-5-14-11/h4-5,7-8H,3,6,13H2,1-2H3. The number of thioether (sulfide) groups is 1. The predicted octanol–water partition coefficient (Wildman–Crippen LogP) is 2.66. The van der Waals surface area contributed by atoms with Gasteiger partial charge in [0.15, 0.2) is 5.82 Å². The molecule has 0 radical (unpaired) electrons. The van der Waals surface area contributed by atoms with Gasteiger partial charge in [0.2, 0.25) is 0 Å². The highest BCUT2D eigenvalue weighted by Crippen LogP contribution is 2.26. The average Bonchev–Trinajstić information content (AvgIpc) is 2.68. The highest BCUT2D eigenvalue weighted by Gasteiger charge is 2.09. The first-order valence-electron chi connectivity index (χ1n) is 5.61. The van der Waals surface area contributed by atoms with Crippen LogP contribution < -0.4 is 5.73 Å². The van der Waals surface area contributed by atoms with Crippen molar-refractivity contribution < 1.29 is 0 Å². The molecule has 17 heavy (non-hydrogen) atoms. The van der Waals surface area contributed by atoms with Gasteiger partial charge >= 0.3 is 0 Å². The van der Waals surface area contributed by atoms with Crippen LogP contribution in [-0.2, 0) is 0 Å². The Kier molecular flexibility index (Phi) is 3.68. The van der Waals surface area contributed by atoms with E-state index in [0.717, 1.165) is 28.5 Å². The monoisotopic (exact) mass is 248 g/mol. The Bertz CT molecular complexity index is 507. The Labute approximate surface area is 105 Å². The molecule has 2 heterocycles. The topological polar surface area (TPSA) is 56.7 Å². The second kappa shape index (κ2) is 5.23. The lowest BCUT2D eigenvalue weighted by atomic mass is 10.3. The Morgan fingerprint density at radius 1 is 1.47 bits per heavy atom. The zero-order valence-electron chi connectivity index (χ0n) is 10.1. The summed E-state index contributed by atoms with van der Waals surface area (Å²) in [5, 5.41) is 4.29. The van der Waals surface area contributed by atoms with E-state index in [1.807, 2.05) is 19.1 Å². The summed E-state index contributed by atoms with van der Waals surface area (Å²) in [6.45, 7) is 4.17. The number of aromatic nitrogens is 3. The van der Waals surface area contributed by atoms with Crippen molar-refractivity contribution in [3.63, 3.8) is 0 Å². The van der Waals surface area contributed by atoms with Crippen molar-refractivity contribution in [3.05, 3.63) is 30.1 Å². The van der Waals surface area contributed by atoms with Crippen molar-refractivity contribution in [3.8, 4) is 5.82 Å². The van der Waals surface area contributed by atoms with Gasteiger partial charge in [-0.05, 0) is 36.8 Å². The fraction of sp³-hybridized carbons (Fsp3) is 0.333.